The maximum atomic E-state index is 10.5. The Morgan fingerprint density at radius 2 is 1.60 bits per heavy atom. The molecule has 132 valence electrons. The maximum Gasteiger partial charge on any atom is 0.507 e. The van der Waals surface area contributed by atoms with E-state index in [1.165, 1.54) is 11.1 Å². The van der Waals surface area contributed by atoms with E-state index in [0.717, 1.165) is 31.2 Å². The van der Waals surface area contributed by atoms with Crippen LogP contribution >= 0.6 is 11.6 Å². The van der Waals surface area contributed by atoms with Crippen molar-refractivity contribution < 1.29 is 14.6 Å². The molecule has 0 aliphatic carbocycles. The predicted octanol–water partition coefficient (Wildman–Crippen LogP) is 3.70. The molecule has 1 heterocycles. The second kappa shape index (κ2) is 8.34. The minimum atomic E-state index is -1.23. The Morgan fingerprint density at radius 3 is 2.20 bits per heavy atom. The van der Waals surface area contributed by atoms with Crippen molar-refractivity contribution in [1.29, 1.82) is 0 Å². The lowest BCUT2D eigenvalue weighted by Crippen LogP contribution is -2.48. The summed E-state index contributed by atoms with van der Waals surface area (Å²) in [4.78, 5) is 15.0. The Balaban J connectivity index is 1.75. The van der Waals surface area contributed by atoms with Gasteiger partial charge in [0, 0.05) is 31.2 Å². The van der Waals surface area contributed by atoms with Gasteiger partial charge in [-0.15, -0.1) is 0 Å². The van der Waals surface area contributed by atoms with Crippen molar-refractivity contribution >= 4 is 17.8 Å². The molecular weight excluding hydrogens is 340 g/mol. The van der Waals surface area contributed by atoms with Crippen LogP contribution in [-0.4, -0.2) is 54.0 Å². The average Bonchev–Trinajstić information content (AvgIpc) is 2.64. The van der Waals surface area contributed by atoms with Crippen molar-refractivity contribution in [2.24, 2.45) is 0 Å². The van der Waals surface area contributed by atoms with Crippen molar-refractivity contribution in [3.05, 3.63) is 70.7 Å². The van der Waals surface area contributed by atoms with Gasteiger partial charge in [0.1, 0.15) is 6.73 Å². The molecule has 0 bridgehead atoms. The number of halogens is 1. The Morgan fingerprint density at radius 1 is 1.00 bits per heavy atom. The smallest absolute Gasteiger partial charge is 0.450 e. The normalized spacial score (nSPS) is 17.2. The van der Waals surface area contributed by atoms with E-state index < -0.39 is 6.16 Å². The zero-order valence-corrected chi connectivity index (χ0v) is 14.6. The van der Waals surface area contributed by atoms with Gasteiger partial charge in [0.25, 0.3) is 0 Å². The molecule has 0 aromatic heterocycles. The molecule has 1 fully saturated rings. The highest BCUT2D eigenvalue weighted by atomic mass is 35.5. The summed E-state index contributed by atoms with van der Waals surface area (Å²) in [5.41, 5.74) is 2.44. The van der Waals surface area contributed by atoms with E-state index in [-0.39, 0.29) is 12.8 Å². The SMILES string of the molecule is O=C(O)OCN1CCN(C(c2ccccc2)c2ccc(Cl)cc2)CC1. The minimum absolute atomic E-state index is 0.125. The van der Waals surface area contributed by atoms with Gasteiger partial charge in [-0.25, -0.2) is 4.79 Å². The lowest BCUT2D eigenvalue weighted by atomic mass is 9.96. The summed E-state index contributed by atoms with van der Waals surface area (Å²) in [7, 11) is 0. The second-order valence-electron chi connectivity index (χ2n) is 6.06. The summed E-state index contributed by atoms with van der Waals surface area (Å²) >= 11 is 6.05. The van der Waals surface area contributed by atoms with Crippen LogP contribution in [0.4, 0.5) is 4.79 Å². The van der Waals surface area contributed by atoms with Crippen LogP contribution in [0.5, 0.6) is 0 Å². The van der Waals surface area contributed by atoms with Gasteiger partial charge in [0.2, 0.25) is 0 Å². The molecule has 25 heavy (non-hydrogen) atoms. The summed E-state index contributed by atoms with van der Waals surface area (Å²) in [6, 6.07) is 18.5. The second-order valence-corrected chi connectivity index (χ2v) is 6.49. The minimum Gasteiger partial charge on any atom is -0.450 e. The van der Waals surface area contributed by atoms with E-state index in [1.54, 1.807) is 0 Å². The Bertz CT molecular complexity index is 686. The van der Waals surface area contributed by atoms with Gasteiger partial charge >= 0.3 is 6.16 Å². The Kier molecular flexibility index (Phi) is 5.91. The first-order chi connectivity index (χ1) is 12.1. The summed E-state index contributed by atoms with van der Waals surface area (Å²) in [6.45, 7) is 3.34. The number of ether oxygens (including phenoxy) is 1. The first kappa shape index (κ1) is 17.7. The molecular formula is C19H21ClN2O3. The van der Waals surface area contributed by atoms with Gasteiger partial charge in [-0.2, -0.15) is 0 Å². The lowest BCUT2D eigenvalue weighted by Gasteiger charge is -2.39. The highest BCUT2D eigenvalue weighted by molar-refractivity contribution is 6.30. The van der Waals surface area contributed by atoms with E-state index >= 15 is 0 Å². The average molecular weight is 361 g/mol. The first-order valence-corrected chi connectivity index (χ1v) is 8.64. The number of hydrogen-bond donors (Lipinski definition) is 1. The molecule has 1 unspecified atom stereocenters. The van der Waals surface area contributed by atoms with Gasteiger partial charge in [-0.05, 0) is 23.3 Å². The number of nitrogens with zero attached hydrogens (tertiary/aromatic N) is 2. The van der Waals surface area contributed by atoms with Crippen LogP contribution in [0.1, 0.15) is 17.2 Å². The summed E-state index contributed by atoms with van der Waals surface area (Å²) in [5, 5.41) is 9.36. The van der Waals surface area contributed by atoms with Crippen molar-refractivity contribution in [1.82, 2.24) is 9.80 Å². The molecule has 1 aliphatic heterocycles. The number of rotatable bonds is 5. The highest BCUT2D eigenvalue weighted by Crippen LogP contribution is 2.30. The third-order valence-corrected chi connectivity index (χ3v) is 4.70. The molecule has 2 aromatic carbocycles. The van der Waals surface area contributed by atoms with E-state index in [0.29, 0.717) is 0 Å². The number of carbonyl (C=O) groups is 1. The Labute approximate surface area is 152 Å². The van der Waals surface area contributed by atoms with Crippen molar-refractivity contribution in [3.63, 3.8) is 0 Å². The number of benzene rings is 2. The molecule has 1 atom stereocenters. The summed E-state index contributed by atoms with van der Waals surface area (Å²) < 4.78 is 4.67. The fraction of sp³-hybridized carbons (Fsp3) is 0.316. The third kappa shape index (κ3) is 4.72. The van der Waals surface area contributed by atoms with Crippen molar-refractivity contribution in [2.45, 2.75) is 6.04 Å². The fourth-order valence-corrected chi connectivity index (χ4v) is 3.32. The van der Waals surface area contributed by atoms with Crippen LogP contribution in [0.3, 0.4) is 0 Å². The molecule has 0 radical (unpaired) electrons. The lowest BCUT2D eigenvalue weighted by molar-refractivity contribution is 0.00841. The van der Waals surface area contributed by atoms with Crippen LogP contribution in [0.2, 0.25) is 5.02 Å². The first-order valence-electron chi connectivity index (χ1n) is 8.26. The van der Waals surface area contributed by atoms with E-state index in [2.05, 4.69) is 46.0 Å². The standard InChI is InChI=1S/C19H21ClN2O3/c20-17-8-6-16(7-9-17)18(15-4-2-1-3-5-15)22-12-10-21(11-13-22)14-25-19(23)24/h1-9,18H,10-14H2,(H,23,24). The van der Waals surface area contributed by atoms with Gasteiger partial charge < -0.3 is 9.84 Å². The molecule has 1 aliphatic rings. The van der Waals surface area contributed by atoms with Crippen molar-refractivity contribution in [2.75, 3.05) is 32.9 Å². The van der Waals surface area contributed by atoms with Crippen LogP contribution in [-0.2, 0) is 4.74 Å². The van der Waals surface area contributed by atoms with Gasteiger partial charge in [-0.3, -0.25) is 9.80 Å². The zero-order valence-electron chi connectivity index (χ0n) is 13.8. The monoisotopic (exact) mass is 360 g/mol. The quantitative estimate of drug-likeness (QED) is 0.824. The van der Waals surface area contributed by atoms with Crippen LogP contribution < -0.4 is 0 Å². The molecule has 3 rings (SSSR count). The molecule has 5 nitrogen and oxygen atoms in total. The molecule has 0 amide bonds. The third-order valence-electron chi connectivity index (χ3n) is 4.44. The topological polar surface area (TPSA) is 53.0 Å². The van der Waals surface area contributed by atoms with E-state index in [9.17, 15) is 4.79 Å². The van der Waals surface area contributed by atoms with Crippen LogP contribution in [0, 0.1) is 0 Å². The van der Waals surface area contributed by atoms with Gasteiger partial charge in [0.15, 0.2) is 0 Å². The largest absolute Gasteiger partial charge is 0.507 e. The predicted molar refractivity (Wildman–Crippen MR) is 96.9 cm³/mol. The summed E-state index contributed by atoms with van der Waals surface area (Å²) in [5.74, 6) is 0. The molecule has 2 aromatic rings. The van der Waals surface area contributed by atoms with E-state index in [1.807, 2.05) is 23.1 Å². The van der Waals surface area contributed by atoms with Gasteiger partial charge in [-0.1, -0.05) is 54.1 Å². The molecule has 6 heteroatoms. The molecule has 1 saturated heterocycles. The number of carboxylic acid groups (broad SMARTS) is 1. The fourth-order valence-electron chi connectivity index (χ4n) is 3.19. The Hall–Kier alpha value is -2.08. The van der Waals surface area contributed by atoms with Crippen LogP contribution in [0.25, 0.3) is 0 Å². The molecule has 0 spiro atoms. The zero-order chi connectivity index (χ0) is 17.6. The maximum absolute atomic E-state index is 10.5. The number of piperazine rings is 1. The van der Waals surface area contributed by atoms with E-state index in [4.69, 9.17) is 16.7 Å². The number of hydrogen-bond acceptors (Lipinski definition) is 4. The van der Waals surface area contributed by atoms with Crippen LogP contribution in [0.15, 0.2) is 54.6 Å². The highest BCUT2D eigenvalue weighted by Gasteiger charge is 2.26. The summed E-state index contributed by atoms with van der Waals surface area (Å²) in [6.07, 6.45) is -1.23. The van der Waals surface area contributed by atoms with Gasteiger partial charge in [0.05, 0.1) is 6.04 Å². The molecule has 1 N–H and O–H groups in total. The van der Waals surface area contributed by atoms with Crippen molar-refractivity contribution in [3.8, 4) is 0 Å². The molecule has 0 saturated carbocycles.